The SMILES string of the molecule is Nc1nc2c(c(=O)[nH]1)CCN(C(=O)c1ccc([C@@H]3CCCO3)s1)C2. The number of anilines is 1. The van der Waals surface area contributed by atoms with Crippen LogP contribution in [0.15, 0.2) is 16.9 Å². The summed E-state index contributed by atoms with van der Waals surface area (Å²) in [6, 6.07) is 3.84. The molecule has 0 saturated carbocycles. The van der Waals surface area contributed by atoms with Gasteiger partial charge in [0, 0.05) is 23.6 Å². The van der Waals surface area contributed by atoms with Crippen molar-refractivity contribution in [3.63, 3.8) is 0 Å². The number of H-pyrrole nitrogens is 1. The van der Waals surface area contributed by atoms with E-state index in [2.05, 4.69) is 9.97 Å². The lowest BCUT2D eigenvalue weighted by Gasteiger charge is -2.27. The number of hydrogen-bond donors (Lipinski definition) is 2. The van der Waals surface area contributed by atoms with Crippen LogP contribution < -0.4 is 11.3 Å². The van der Waals surface area contributed by atoms with Crippen LogP contribution in [0.2, 0.25) is 0 Å². The van der Waals surface area contributed by atoms with Gasteiger partial charge in [-0.15, -0.1) is 11.3 Å². The average molecular weight is 346 g/mol. The molecule has 4 rings (SSSR count). The zero-order valence-corrected chi connectivity index (χ0v) is 13.9. The van der Waals surface area contributed by atoms with E-state index in [4.69, 9.17) is 10.5 Å². The summed E-state index contributed by atoms with van der Waals surface area (Å²) in [4.78, 5) is 34.9. The molecule has 1 atom stereocenters. The summed E-state index contributed by atoms with van der Waals surface area (Å²) in [5.41, 5.74) is 6.61. The minimum Gasteiger partial charge on any atom is -0.373 e. The number of thiophene rings is 1. The van der Waals surface area contributed by atoms with E-state index < -0.39 is 0 Å². The second-order valence-electron chi connectivity index (χ2n) is 6.06. The van der Waals surface area contributed by atoms with Crippen molar-refractivity contribution in [3.05, 3.63) is 43.5 Å². The summed E-state index contributed by atoms with van der Waals surface area (Å²) in [6.45, 7) is 1.61. The molecule has 0 aromatic carbocycles. The predicted molar refractivity (Wildman–Crippen MR) is 90.0 cm³/mol. The molecule has 4 heterocycles. The second kappa shape index (κ2) is 6.03. The van der Waals surface area contributed by atoms with E-state index in [1.807, 2.05) is 12.1 Å². The van der Waals surface area contributed by atoms with Crippen molar-refractivity contribution in [3.8, 4) is 0 Å². The van der Waals surface area contributed by atoms with Gasteiger partial charge in [-0.25, -0.2) is 4.98 Å². The molecule has 126 valence electrons. The van der Waals surface area contributed by atoms with Crippen molar-refractivity contribution in [1.29, 1.82) is 0 Å². The van der Waals surface area contributed by atoms with Crippen molar-refractivity contribution >= 4 is 23.2 Å². The molecule has 2 aliphatic heterocycles. The molecular formula is C16H18N4O3S. The van der Waals surface area contributed by atoms with E-state index in [1.54, 1.807) is 4.90 Å². The highest BCUT2D eigenvalue weighted by atomic mass is 32.1. The van der Waals surface area contributed by atoms with Crippen LogP contribution in [0, 0.1) is 0 Å². The highest BCUT2D eigenvalue weighted by molar-refractivity contribution is 7.14. The number of nitrogens with two attached hydrogens (primary N) is 1. The topological polar surface area (TPSA) is 101 Å². The first-order valence-corrected chi connectivity index (χ1v) is 8.81. The van der Waals surface area contributed by atoms with Gasteiger partial charge in [0.2, 0.25) is 5.95 Å². The number of hydrogen-bond acceptors (Lipinski definition) is 6. The summed E-state index contributed by atoms with van der Waals surface area (Å²) in [5.74, 6) is 0.0559. The Morgan fingerprint density at radius 2 is 2.33 bits per heavy atom. The summed E-state index contributed by atoms with van der Waals surface area (Å²) in [6.07, 6.45) is 2.69. The number of nitrogens with one attached hydrogen (secondary N) is 1. The van der Waals surface area contributed by atoms with Gasteiger partial charge >= 0.3 is 0 Å². The van der Waals surface area contributed by atoms with Gasteiger partial charge in [-0.05, 0) is 31.4 Å². The molecule has 24 heavy (non-hydrogen) atoms. The van der Waals surface area contributed by atoms with Crippen LogP contribution in [0.3, 0.4) is 0 Å². The Labute approximate surface area is 142 Å². The molecule has 0 unspecified atom stereocenters. The number of rotatable bonds is 2. The third kappa shape index (κ3) is 2.71. The van der Waals surface area contributed by atoms with Crippen LogP contribution >= 0.6 is 11.3 Å². The molecule has 0 bridgehead atoms. The Balaban J connectivity index is 1.54. The molecule has 3 N–H and O–H groups in total. The summed E-state index contributed by atoms with van der Waals surface area (Å²) >= 11 is 1.49. The van der Waals surface area contributed by atoms with E-state index in [0.29, 0.717) is 35.6 Å². The minimum absolute atomic E-state index is 0.0319. The third-order valence-corrected chi connectivity index (χ3v) is 5.63. The van der Waals surface area contributed by atoms with Crippen LogP contribution in [-0.2, 0) is 17.7 Å². The van der Waals surface area contributed by atoms with Crippen molar-refractivity contribution in [2.24, 2.45) is 0 Å². The first kappa shape index (κ1) is 15.3. The van der Waals surface area contributed by atoms with Crippen LogP contribution in [-0.4, -0.2) is 33.9 Å². The van der Waals surface area contributed by atoms with Gasteiger partial charge in [0.1, 0.15) is 0 Å². The van der Waals surface area contributed by atoms with Gasteiger partial charge < -0.3 is 15.4 Å². The minimum atomic E-state index is -0.207. The lowest BCUT2D eigenvalue weighted by molar-refractivity contribution is 0.0736. The number of nitrogen functional groups attached to an aromatic ring is 1. The molecule has 7 nitrogen and oxygen atoms in total. The first-order valence-electron chi connectivity index (χ1n) is 8.00. The van der Waals surface area contributed by atoms with E-state index >= 15 is 0 Å². The van der Waals surface area contributed by atoms with Gasteiger partial charge in [0.15, 0.2) is 0 Å². The van der Waals surface area contributed by atoms with Crippen molar-refractivity contribution in [2.45, 2.75) is 31.9 Å². The Morgan fingerprint density at radius 3 is 3.12 bits per heavy atom. The molecule has 1 saturated heterocycles. The Kier molecular flexibility index (Phi) is 3.85. The van der Waals surface area contributed by atoms with E-state index in [-0.39, 0.29) is 23.5 Å². The number of fused-ring (bicyclic) bond motifs is 1. The molecular weight excluding hydrogens is 328 g/mol. The normalized spacial score (nSPS) is 20.2. The molecule has 2 aromatic rings. The van der Waals surface area contributed by atoms with Crippen LogP contribution in [0.1, 0.15) is 44.8 Å². The third-order valence-electron chi connectivity index (χ3n) is 4.46. The quantitative estimate of drug-likeness (QED) is 0.857. The number of amides is 1. The number of nitrogens with zero attached hydrogens (tertiary/aromatic N) is 2. The Bertz CT molecular complexity index is 838. The summed E-state index contributed by atoms with van der Waals surface area (Å²) in [7, 11) is 0. The molecule has 0 radical (unpaired) electrons. The van der Waals surface area contributed by atoms with Crippen LogP contribution in [0.4, 0.5) is 5.95 Å². The van der Waals surface area contributed by atoms with E-state index in [0.717, 1.165) is 24.3 Å². The number of ether oxygens (including phenoxy) is 1. The highest BCUT2D eigenvalue weighted by Crippen LogP contribution is 2.34. The standard InChI is InChI=1S/C16H18N4O3S/c17-16-18-10-8-20(6-5-9(10)14(21)19-16)15(22)13-4-3-12(24-13)11-2-1-7-23-11/h3-4,11H,1-2,5-8H2,(H3,17,18,19,21)/t11-/m0/s1. The molecule has 1 amide bonds. The number of carbonyl (C=O) groups excluding carboxylic acids is 1. The second-order valence-corrected chi connectivity index (χ2v) is 7.17. The highest BCUT2D eigenvalue weighted by Gasteiger charge is 2.27. The lowest BCUT2D eigenvalue weighted by Crippen LogP contribution is -2.39. The van der Waals surface area contributed by atoms with Gasteiger partial charge in [-0.3, -0.25) is 14.6 Å². The number of aromatic nitrogens is 2. The largest absolute Gasteiger partial charge is 0.373 e. The molecule has 8 heteroatoms. The van der Waals surface area contributed by atoms with E-state index in [1.165, 1.54) is 11.3 Å². The van der Waals surface area contributed by atoms with Gasteiger partial charge in [0.25, 0.3) is 11.5 Å². The summed E-state index contributed by atoms with van der Waals surface area (Å²) < 4.78 is 5.67. The molecule has 2 aromatic heterocycles. The maximum absolute atomic E-state index is 12.8. The van der Waals surface area contributed by atoms with Crippen LogP contribution in [0.25, 0.3) is 0 Å². The fourth-order valence-electron chi connectivity index (χ4n) is 3.23. The summed E-state index contributed by atoms with van der Waals surface area (Å²) in [5, 5.41) is 0. The fraction of sp³-hybridized carbons (Fsp3) is 0.438. The first-order chi connectivity index (χ1) is 11.6. The van der Waals surface area contributed by atoms with Gasteiger partial charge in [0.05, 0.1) is 23.2 Å². The fourth-order valence-corrected chi connectivity index (χ4v) is 4.29. The number of aromatic amines is 1. The molecule has 2 aliphatic rings. The maximum atomic E-state index is 12.8. The molecule has 0 aliphatic carbocycles. The zero-order chi connectivity index (χ0) is 16.7. The average Bonchev–Trinajstić information content (AvgIpc) is 3.24. The number of carbonyl (C=O) groups is 1. The monoisotopic (exact) mass is 346 g/mol. The molecule has 0 spiro atoms. The Hall–Kier alpha value is -2.19. The maximum Gasteiger partial charge on any atom is 0.264 e. The van der Waals surface area contributed by atoms with Gasteiger partial charge in [-0.2, -0.15) is 0 Å². The van der Waals surface area contributed by atoms with Gasteiger partial charge in [-0.1, -0.05) is 0 Å². The Morgan fingerprint density at radius 1 is 1.46 bits per heavy atom. The smallest absolute Gasteiger partial charge is 0.264 e. The molecule has 1 fully saturated rings. The van der Waals surface area contributed by atoms with Crippen molar-refractivity contribution in [1.82, 2.24) is 14.9 Å². The zero-order valence-electron chi connectivity index (χ0n) is 13.1. The van der Waals surface area contributed by atoms with Crippen molar-refractivity contribution < 1.29 is 9.53 Å². The lowest BCUT2D eigenvalue weighted by atomic mass is 10.1. The van der Waals surface area contributed by atoms with Crippen molar-refractivity contribution in [2.75, 3.05) is 18.9 Å². The predicted octanol–water partition coefficient (Wildman–Crippen LogP) is 1.46. The van der Waals surface area contributed by atoms with Crippen LogP contribution in [0.5, 0.6) is 0 Å². The van der Waals surface area contributed by atoms with E-state index in [9.17, 15) is 9.59 Å².